The van der Waals surface area contributed by atoms with E-state index in [0.717, 1.165) is 0 Å². The van der Waals surface area contributed by atoms with Crippen LogP contribution in [0.4, 0.5) is 4.79 Å². The first-order valence-electron chi connectivity index (χ1n) is 5.88. The molecule has 0 aliphatic carbocycles. The lowest BCUT2D eigenvalue weighted by Gasteiger charge is -2.43. The lowest BCUT2D eigenvalue weighted by Crippen LogP contribution is -2.57. The fourth-order valence-electron chi connectivity index (χ4n) is 1.89. The topological polar surface area (TPSA) is 60.9 Å². The Bertz CT molecular complexity index is 311. The molecule has 1 fully saturated rings. The molecule has 1 N–H and O–H groups in total. The second-order valence-electron chi connectivity index (χ2n) is 4.40. The maximum absolute atomic E-state index is 11.9. The zero-order chi connectivity index (χ0) is 13.0. The Kier molecular flexibility index (Phi) is 4.54. The van der Waals surface area contributed by atoms with Crippen LogP contribution in [0.15, 0.2) is 12.7 Å². The van der Waals surface area contributed by atoms with E-state index in [9.17, 15) is 9.59 Å². The first-order chi connectivity index (χ1) is 8.01. The van der Waals surface area contributed by atoms with E-state index in [1.54, 1.807) is 22.8 Å². The first kappa shape index (κ1) is 13.5. The van der Waals surface area contributed by atoms with E-state index in [4.69, 9.17) is 5.11 Å². The van der Waals surface area contributed by atoms with Crippen molar-refractivity contribution >= 4 is 12.0 Å². The Balaban J connectivity index is 2.43. The standard InChI is InChI=1S/C12H20N2O3/c1-4-6-13(5-2)12(17)14-7-10(8-14)9(3)11(15)16/h4,9-10H,1,5-8H2,2-3H3,(H,15,16). The number of aliphatic carboxylic acids is 1. The number of carboxylic acid groups (broad SMARTS) is 1. The molecule has 0 aromatic rings. The molecule has 0 aromatic carbocycles. The molecular weight excluding hydrogens is 220 g/mol. The third-order valence-electron chi connectivity index (χ3n) is 3.28. The Labute approximate surface area is 102 Å². The van der Waals surface area contributed by atoms with Crippen molar-refractivity contribution in [2.45, 2.75) is 13.8 Å². The molecule has 96 valence electrons. The van der Waals surface area contributed by atoms with Gasteiger partial charge in [-0.3, -0.25) is 4.79 Å². The smallest absolute Gasteiger partial charge is 0.320 e. The Morgan fingerprint density at radius 1 is 1.59 bits per heavy atom. The van der Waals surface area contributed by atoms with Gasteiger partial charge in [0.1, 0.15) is 0 Å². The number of carboxylic acids is 1. The molecule has 1 saturated heterocycles. The Morgan fingerprint density at radius 2 is 2.18 bits per heavy atom. The lowest BCUT2D eigenvalue weighted by atomic mass is 9.87. The summed E-state index contributed by atoms with van der Waals surface area (Å²) in [5, 5.41) is 8.85. The van der Waals surface area contributed by atoms with Gasteiger partial charge in [0.2, 0.25) is 0 Å². The highest BCUT2D eigenvalue weighted by molar-refractivity contribution is 5.76. The van der Waals surface area contributed by atoms with Crippen molar-refractivity contribution in [3.05, 3.63) is 12.7 Å². The molecule has 0 spiro atoms. The molecule has 1 rings (SSSR count). The number of carbonyl (C=O) groups is 2. The highest BCUT2D eigenvalue weighted by Crippen LogP contribution is 2.25. The van der Waals surface area contributed by atoms with Gasteiger partial charge in [0.25, 0.3) is 0 Å². The maximum atomic E-state index is 11.9. The molecular formula is C12H20N2O3. The van der Waals surface area contributed by atoms with Crippen molar-refractivity contribution < 1.29 is 14.7 Å². The molecule has 0 saturated carbocycles. The SMILES string of the molecule is C=CCN(CC)C(=O)N1CC(C(C)C(=O)O)C1. The number of nitrogens with zero attached hydrogens (tertiary/aromatic N) is 2. The van der Waals surface area contributed by atoms with Crippen molar-refractivity contribution in [2.24, 2.45) is 11.8 Å². The van der Waals surface area contributed by atoms with Crippen LogP contribution in [0.3, 0.4) is 0 Å². The number of amides is 2. The fourth-order valence-corrected chi connectivity index (χ4v) is 1.89. The number of urea groups is 1. The van der Waals surface area contributed by atoms with Gasteiger partial charge in [0.05, 0.1) is 5.92 Å². The van der Waals surface area contributed by atoms with Crippen LogP contribution >= 0.6 is 0 Å². The summed E-state index contributed by atoms with van der Waals surface area (Å²) in [7, 11) is 0. The summed E-state index contributed by atoms with van der Waals surface area (Å²) in [5.74, 6) is -1.09. The van der Waals surface area contributed by atoms with Gasteiger partial charge in [-0.1, -0.05) is 13.0 Å². The van der Waals surface area contributed by atoms with Crippen LogP contribution in [0.1, 0.15) is 13.8 Å². The van der Waals surface area contributed by atoms with Gasteiger partial charge in [-0.15, -0.1) is 6.58 Å². The van der Waals surface area contributed by atoms with Crippen LogP contribution in [0, 0.1) is 11.8 Å². The van der Waals surface area contributed by atoms with E-state index >= 15 is 0 Å². The molecule has 5 heteroatoms. The van der Waals surface area contributed by atoms with Gasteiger partial charge < -0.3 is 14.9 Å². The number of rotatable bonds is 5. The molecule has 17 heavy (non-hydrogen) atoms. The van der Waals surface area contributed by atoms with Crippen LogP contribution in [0.5, 0.6) is 0 Å². The summed E-state index contributed by atoms with van der Waals surface area (Å²) in [6, 6.07) is -0.0266. The molecule has 1 atom stereocenters. The van der Waals surface area contributed by atoms with Crippen molar-refractivity contribution in [1.82, 2.24) is 9.80 Å². The van der Waals surface area contributed by atoms with Crippen LogP contribution in [0.2, 0.25) is 0 Å². The molecule has 0 radical (unpaired) electrons. The molecule has 1 heterocycles. The van der Waals surface area contributed by atoms with Crippen LogP contribution in [-0.4, -0.2) is 53.1 Å². The minimum Gasteiger partial charge on any atom is -0.481 e. The number of carbonyl (C=O) groups excluding carboxylic acids is 1. The number of likely N-dealkylation sites (N-methyl/N-ethyl adjacent to an activating group) is 1. The molecule has 0 bridgehead atoms. The predicted octanol–water partition coefficient (Wildman–Crippen LogP) is 1.27. The summed E-state index contributed by atoms with van der Waals surface area (Å²) in [6.07, 6.45) is 1.69. The molecule has 2 amide bonds. The zero-order valence-corrected chi connectivity index (χ0v) is 10.4. The van der Waals surface area contributed by atoms with Gasteiger partial charge >= 0.3 is 12.0 Å². The van der Waals surface area contributed by atoms with E-state index < -0.39 is 5.97 Å². The van der Waals surface area contributed by atoms with Crippen LogP contribution in [-0.2, 0) is 4.79 Å². The van der Waals surface area contributed by atoms with Gasteiger partial charge in [0.15, 0.2) is 0 Å². The largest absolute Gasteiger partial charge is 0.481 e. The minimum absolute atomic E-state index is 0.0266. The van der Waals surface area contributed by atoms with Crippen molar-refractivity contribution in [1.29, 1.82) is 0 Å². The molecule has 1 unspecified atom stereocenters. The first-order valence-corrected chi connectivity index (χ1v) is 5.88. The zero-order valence-electron chi connectivity index (χ0n) is 10.4. The van der Waals surface area contributed by atoms with E-state index in [1.165, 1.54) is 0 Å². The van der Waals surface area contributed by atoms with Gasteiger partial charge in [-0.25, -0.2) is 4.79 Å². The lowest BCUT2D eigenvalue weighted by molar-refractivity contribution is -0.144. The molecule has 0 aromatic heterocycles. The van der Waals surface area contributed by atoms with Crippen LogP contribution in [0.25, 0.3) is 0 Å². The maximum Gasteiger partial charge on any atom is 0.320 e. The summed E-state index contributed by atoms with van der Waals surface area (Å²) >= 11 is 0. The highest BCUT2D eigenvalue weighted by atomic mass is 16.4. The summed E-state index contributed by atoms with van der Waals surface area (Å²) in [5.41, 5.74) is 0. The van der Waals surface area contributed by atoms with Crippen LogP contribution < -0.4 is 0 Å². The summed E-state index contributed by atoms with van der Waals surface area (Å²) < 4.78 is 0. The normalized spacial score (nSPS) is 17.2. The second kappa shape index (κ2) is 5.70. The quantitative estimate of drug-likeness (QED) is 0.736. The van der Waals surface area contributed by atoms with E-state index in [2.05, 4.69) is 6.58 Å². The van der Waals surface area contributed by atoms with E-state index in [0.29, 0.717) is 26.2 Å². The average Bonchev–Trinajstić information content (AvgIpc) is 2.23. The number of hydrogen-bond donors (Lipinski definition) is 1. The monoisotopic (exact) mass is 240 g/mol. The average molecular weight is 240 g/mol. The minimum atomic E-state index is -0.791. The predicted molar refractivity (Wildman–Crippen MR) is 64.7 cm³/mol. The summed E-state index contributed by atoms with van der Waals surface area (Å²) in [4.78, 5) is 26.1. The van der Waals surface area contributed by atoms with Gasteiger partial charge in [-0.05, 0) is 6.92 Å². The number of hydrogen-bond acceptors (Lipinski definition) is 2. The van der Waals surface area contributed by atoms with Crippen molar-refractivity contribution in [3.63, 3.8) is 0 Å². The number of likely N-dealkylation sites (tertiary alicyclic amines) is 1. The molecule has 5 nitrogen and oxygen atoms in total. The Hall–Kier alpha value is -1.52. The fraction of sp³-hybridized carbons (Fsp3) is 0.667. The summed E-state index contributed by atoms with van der Waals surface area (Å²) in [6.45, 7) is 9.47. The van der Waals surface area contributed by atoms with Crippen molar-refractivity contribution in [3.8, 4) is 0 Å². The molecule has 1 aliphatic heterocycles. The van der Waals surface area contributed by atoms with Gasteiger partial charge in [-0.2, -0.15) is 0 Å². The highest BCUT2D eigenvalue weighted by Gasteiger charge is 2.38. The van der Waals surface area contributed by atoms with E-state index in [1.807, 2.05) is 6.92 Å². The van der Waals surface area contributed by atoms with Crippen molar-refractivity contribution in [2.75, 3.05) is 26.2 Å². The third-order valence-corrected chi connectivity index (χ3v) is 3.28. The van der Waals surface area contributed by atoms with E-state index in [-0.39, 0.29) is 17.9 Å². The Morgan fingerprint density at radius 3 is 2.59 bits per heavy atom. The van der Waals surface area contributed by atoms with Gasteiger partial charge in [0, 0.05) is 32.1 Å². The molecule has 1 aliphatic rings. The second-order valence-corrected chi connectivity index (χ2v) is 4.40. The third kappa shape index (κ3) is 2.99.